The van der Waals surface area contributed by atoms with E-state index in [1.165, 1.54) is 0 Å². The Morgan fingerprint density at radius 1 is 1.69 bits per heavy atom. The molecule has 5 heteroatoms. The predicted molar refractivity (Wildman–Crippen MR) is 64.6 cm³/mol. The molecule has 16 heavy (non-hydrogen) atoms. The summed E-state index contributed by atoms with van der Waals surface area (Å²) in [5.74, 6) is -0.817. The average molecular weight is 242 g/mol. The first-order valence-electron chi connectivity index (χ1n) is 5.38. The van der Waals surface area contributed by atoms with Gasteiger partial charge in [0.05, 0.1) is 16.1 Å². The molecule has 1 aromatic rings. The van der Waals surface area contributed by atoms with E-state index in [1.807, 2.05) is 19.2 Å². The molecule has 0 radical (unpaired) electrons. The van der Waals surface area contributed by atoms with Crippen LogP contribution >= 0.6 is 11.3 Å². The molecule has 0 aliphatic heterocycles. The third-order valence-electron chi connectivity index (χ3n) is 2.76. The number of aromatic nitrogens is 1. The molecule has 1 atom stereocenters. The maximum absolute atomic E-state index is 11.3. The molecule has 0 aromatic carbocycles. The number of hydrogen-bond acceptors (Lipinski definition) is 4. The molecule has 4 nitrogen and oxygen atoms in total. The van der Waals surface area contributed by atoms with Crippen molar-refractivity contribution in [1.29, 1.82) is 0 Å². The molecule has 0 spiro atoms. The number of thiazole rings is 1. The standard InChI is InChI=1S/C11H18N2O2S/c1-3-4-11(7-12,10(14)15)5-9-6-16-8(2)13-9/h6H,3-5,7,12H2,1-2H3,(H,14,15). The van der Waals surface area contributed by atoms with Gasteiger partial charge in [-0.05, 0) is 13.3 Å². The molecule has 1 unspecified atom stereocenters. The maximum Gasteiger partial charge on any atom is 0.311 e. The minimum Gasteiger partial charge on any atom is -0.481 e. The minimum atomic E-state index is -0.852. The summed E-state index contributed by atoms with van der Waals surface area (Å²) in [7, 11) is 0. The van der Waals surface area contributed by atoms with Gasteiger partial charge in [0.15, 0.2) is 0 Å². The molecule has 90 valence electrons. The van der Waals surface area contributed by atoms with E-state index in [0.29, 0.717) is 12.8 Å². The Bertz CT molecular complexity index is 365. The van der Waals surface area contributed by atoms with Crippen molar-refractivity contribution in [3.8, 4) is 0 Å². The number of carbonyl (C=O) groups is 1. The van der Waals surface area contributed by atoms with Crippen LogP contribution in [0.1, 0.15) is 30.5 Å². The summed E-state index contributed by atoms with van der Waals surface area (Å²) in [5, 5.41) is 12.2. The van der Waals surface area contributed by atoms with Gasteiger partial charge in [-0.2, -0.15) is 0 Å². The fraction of sp³-hybridized carbons (Fsp3) is 0.636. The van der Waals surface area contributed by atoms with E-state index in [2.05, 4.69) is 4.98 Å². The van der Waals surface area contributed by atoms with E-state index in [-0.39, 0.29) is 6.54 Å². The van der Waals surface area contributed by atoms with Gasteiger partial charge >= 0.3 is 5.97 Å². The summed E-state index contributed by atoms with van der Waals surface area (Å²) in [4.78, 5) is 15.7. The quantitative estimate of drug-likeness (QED) is 0.798. The van der Waals surface area contributed by atoms with Crippen molar-refractivity contribution in [2.75, 3.05) is 6.54 Å². The molecule has 1 heterocycles. The molecule has 3 N–H and O–H groups in total. The summed E-state index contributed by atoms with van der Waals surface area (Å²) in [6, 6.07) is 0. The van der Waals surface area contributed by atoms with E-state index < -0.39 is 11.4 Å². The molecule has 0 bridgehead atoms. The number of hydrogen-bond donors (Lipinski definition) is 2. The van der Waals surface area contributed by atoms with Gasteiger partial charge in [0, 0.05) is 18.3 Å². The number of carboxylic acids is 1. The smallest absolute Gasteiger partial charge is 0.311 e. The highest BCUT2D eigenvalue weighted by Gasteiger charge is 2.37. The van der Waals surface area contributed by atoms with Crippen LogP contribution in [-0.2, 0) is 11.2 Å². The molecule has 0 fully saturated rings. The fourth-order valence-corrected chi connectivity index (χ4v) is 2.46. The number of rotatable bonds is 6. The molecule has 0 aliphatic rings. The zero-order valence-corrected chi connectivity index (χ0v) is 10.5. The Labute approximate surface area is 99.5 Å². The zero-order valence-electron chi connectivity index (χ0n) is 9.69. The van der Waals surface area contributed by atoms with Crippen LogP contribution in [0.2, 0.25) is 0 Å². The molecule has 0 amide bonds. The first kappa shape index (κ1) is 13.1. The SMILES string of the molecule is CCCC(CN)(Cc1csc(C)n1)C(=O)O. The van der Waals surface area contributed by atoms with Gasteiger partial charge in [0.25, 0.3) is 0 Å². The van der Waals surface area contributed by atoms with Gasteiger partial charge < -0.3 is 10.8 Å². The van der Waals surface area contributed by atoms with Crippen LogP contribution in [0.5, 0.6) is 0 Å². The van der Waals surface area contributed by atoms with E-state index >= 15 is 0 Å². The highest BCUT2D eigenvalue weighted by atomic mass is 32.1. The van der Waals surface area contributed by atoms with E-state index in [4.69, 9.17) is 5.73 Å². The number of nitrogens with two attached hydrogens (primary N) is 1. The largest absolute Gasteiger partial charge is 0.481 e. The third-order valence-corrected chi connectivity index (χ3v) is 3.58. The highest BCUT2D eigenvalue weighted by Crippen LogP contribution is 2.28. The normalized spacial score (nSPS) is 14.7. The number of aryl methyl sites for hydroxylation is 1. The van der Waals surface area contributed by atoms with E-state index in [0.717, 1.165) is 17.1 Å². The minimum absolute atomic E-state index is 0.159. The molecule has 0 saturated heterocycles. The predicted octanol–water partition coefficient (Wildman–Crippen LogP) is 1.82. The second-order valence-electron chi connectivity index (χ2n) is 4.07. The lowest BCUT2D eigenvalue weighted by molar-refractivity contribution is -0.148. The molecular weight excluding hydrogens is 224 g/mol. The average Bonchev–Trinajstić information content (AvgIpc) is 2.63. The number of aliphatic carboxylic acids is 1. The van der Waals surface area contributed by atoms with Crippen molar-refractivity contribution in [2.45, 2.75) is 33.1 Å². The monoisotopic (exact) mass is 242 g/mol. The van der Waals surface area contributed by atoms with Crippen LogP contribution in [0.3, 0.4) is 0 Å². The summed E-state index contributed by atoms with van der Waals surface area (Å²) in [6.07, 6.45) is 1.83. The Morgan fingerprint density at radius 3 is 2.75 bits per heavy atom. The molecule has 1 rings (SSSR count). The Kier molecular flexibility index (Phi) is 4.44. The van der Waals surface area contributed by atoms with Crippen molar-refractivity contribution in [1.82, 2.24) is 4.98 Å². The second-order valence-corrected chi connectivity index (χ2v) is 5.14. The first-order chi connectivity index (χ1) is 7.54. The van der Waals surface area contributed by atoms with Crippen molar-refractivity contribution >= 4 is 17.3 Å². The van der Waals surface area contributed by atoms with Gasteiger partial charge in [0.1, 0.15) is 0 Å². The number of nitrogens with zero attached hydrogens (tertiary/aromatic N) is 1. The molecule has 0 aliphatic carbocycles. The van der Waals surface area contributed by atoms with Crippen molar-refractivity contribution < 1.29 is 9.90 Å². The van der Waals surface area contributed by atoms with Crippen molar-refractivity contribution in [3.63, 3.8) is 0 Å². The second kappa shape index (κ2) is 5.41. The van der Waals surface area contributed by atoms with Crippen LogP contribution in [0, 0.1) is 12.3 Å². The summed E-state index contributed by atoms with van der Waals surface area (Å²) in [5.41, 5.74) is 5.63. The number of carboxylic acid groups (broad SMARTS) is 1. The van der Waals surface area contributed by atoms with Crippen molar-refractivity contribution in [2.24, 2.45) is 11.1 Å². The van der Waals surface area contributed by atoms with Crippen LogP contribution in [-0.4, -0.2) is 22.6 Å². The Balaban J connectivity index is 2.89. The van der Waals surface area contributed by atoms with Gasteiger partial charge in [-0.25, -0.2) is 4.98 Å². The highest BCUT2D eigenvalue weighted by molar-refractivity contribution is 7.09. The topological polar surface area (TPSA) is 76.2 Å². The molecule has 1 aromatic heterocycles. The van der Waals surface area contributed by atoms with E-state index in [9.17, 15) is 9.90 Å². The Morgan fingerprint density at radius 2 is 2.38 bits per heavy atom. The summed E-state index contributed by atoms with van der Waals surface area (Å²) in [6.45, 7) is 4.05. The van der Waals surface area contributed by atoms with Crippen LogP contribution in [0.25, 0.3) is 0 Å². The van der Waals surface area contributed by atoms with Gasteiger partial charge in [-0.1, -0.05) is 13.3 Å². The Hall–Kier alpha value is -0.940. The van der Waals surface area contributed by atoms with Crippen LogP contribution < -0.4 is 5.73 Å². The van der Waals surface area contributed by atoms with Crippen LogP contribution in [0.4, 0.5) is 0 Å². The van der Waals surface area contributed by atoms with Gasteiger partial charge in [-0.15, -0.1) is 11.3 Å². The zero-order chi connectivity index (χ0) is 12.2. The maximum atomic E-state index is 11.3. The molecular formula is C11H18N2O2S. The third kappa shape index (κ3) is 2.80. The fourth-order valence-electron chi connectivity index (χ4n) is 1.85. The van der Waals surface area contributed by atoms with E-state index in [1.54, 1.807) is 11.3 Å². The summed E-state index contributed by atoms with van der Waals surface area (Å²) < 4.78 is 0. The molecule has 0 saturated carbocycles. The van der Waals surface area contributed by atoms with Gasteiger partial charge in [0.2, 0.25) is 0 Å². The summed E-state index contributed by atoms with van der Waals surface area (Å²) >= 11 is 1.54. The van der Waals surface area contributed by atoms with Gasteiger partial charge in [-0.3, -0.25) is 4.79 Å². The van der Waals surface area contributed by atoms with Crippen molar-refractivity contribution in [3.05, 3.63) is 16.1 Å². The lowest BCUT2D eigenvalue weighted by Crippen LogP contribution is -2.40. The lowest BCUT2D eigenvalue weighted by atomic mass is 9.79. The lowest BCUT2D eigenvalue weighted by Gasteiger charge is -2.26. The first-order valence-corrected chi connectivity index (χ1v) is 6.26. The van der Waals surface area contributed by atoms with Crippen LogP contribution in [0.15, 0.2) is 5.38 Å².